The Morgan fingerprint density at radius 2 is 1.70 bits per heavy atom. The molecule has 0 atom stereocenters. The van der Waals surface area contributed by atoms with E-state index in [0.29, 0.717) is 0 Å². The van der Waals surface area contributed by atoms with Crippen molar-refractivity contribution in [3.05, 3.63) is 35.9 Å². The Hall–Kier alpha value is -0.791. The van der Waals surface area contributed by atoms with Crippen molar-refractivity contribution in [1.29, 1.82) is 0 Å². The first-order valence-corrected chi connectivity index (χ1v) is 2.57. The maximum absolute atomic E-state index is 10.1. The molecule has 0 amide bonds. The fraction of sp³-hybridized carbons (Fsp3) is 0. The Kier molecular flexibility index (Phi) is 3.77. The molecule has 56 valence electrons. The van der Waals surface area contributed by atoms with Gasteiger partial charge in [0.15, 0.2) is 0 Å². The molecule has 0 unspecified atom stereocenters. The maximum atomic E-state index is 10.1. The van der Waals surface area contributed by atoms with E-state index in [1.807, 2.05) is 0 Å². The smallest absolute Gasteiger partial charge is 0.545 e. The number of carboxylic acids is 1. The second-order valence-corrected chi connectivity index (χ2v) is 1.65. The third kappa shape index (κ3) is 2.21. The summed E-state index contributed by atoms with van der Waals surface area (Å²) in [7, 11) is 0. The number of hydrogen-bond donors (Lipinski definition) is 0. The van der Waals surface area contributed by atoms with Crippen molar-refractivity contribution in [3.63, 3.8) is 0 Å². The molecule has 0 saturated heterocycles. The van der Waals surface area contributed by atoms with Crippen LogP contribution in [0.3, 0.4) is 0 Å². The summed E-state index contributed by atoms with van der Waals surface area (Å²) < 4.78 is 0. The van der Waals surface area contributed by atoms with Crippen LogP contribution in [-0.2, 0) is 17.1 Å². The van der Waals surface area contributed by atoms with Crippen LogP contribution in [0.25, 0.3) is 0 Å². The zero-order chi connectivity index (χ0) is 6.69. The maximum Gasteiger partial charge on any atom is 1.00 e. The third-order valence-corrected chi connectivity index (χ3v) is 1.01. The largest absolute Gasteiger partial charge is 1.00 e. The quantitative estimate of drug-likeness (QED) is 0.579. The normalized spacial score (nSPS) is 8.00. The Labute approximate surface area is 69.3 Å². The fourth-order valence-electron chi connectivity index (χ4n) is 0.574. The molecule has 10 heavy (non-hydrogen) atoms. The summed E-state index contributed by atoms with van der Waals surface area (Å²) in [6.45, 7) is 0. The second kappa shape index (κ2) is 4.09. The van der Waals surface area contributed by atoms with Crippen LogP contribution in [0.15, 0.2) is 30.3 Å². The average molecular weight is 185 g/mol. The van der Waals surface area contributed by atoms with Crippen LogP contribution >= 0.6 is 0 Å². The minimum atomic E-state index is -1.13. The zero-order valence-corrected chi connectivity index (χ0v) is 5.95. The van der Waals surface area contributed by atoms with Gasteiger partial charge in [0.1, 0.15) is 0 Å². The number of carbonyl (C=O) groups excluding carboxylic acids is 1. The van der Waals surface area contributed by atoms with Gasteiger partial charge in [-0.25, -0.2) is 0 Å². The van der Waals surface area contributed by atoms with Crippen molar-refractivity contribution in [1.82, 2.24) is 0 Å². The minimum absolute atomic E-state index is 0. The third-order valence-electron chi connectivity index (χ3n) is 1.01. The van der Waals surface area contributed by atoms with Gasteiger partial charge in [-0.15, -0.1) is 0 Å². The Morgan fingerprint density at radius 3 is 2.00 bits per heavy atom. The molecular formula is C7H5CuO2. The molecule has 0 aromatic heterocycles. The first-order chi connectivity index (χ1) is 4.30. The van der Waals surface area contributed by atoms with Gasteiger partial charge in [0.25, 0.3) is 0 Å². The van der Waals surface area contributed by atoms with E-state index in [1.165, 1.54) is 12.1 Å². The second-order valence-electron chi connectivity index (χ2n) is 1.65. The van der Waals surface area contributed by atoms with Gasteiger partial charge < -0.3 is 9.90 Å². The number of aromatic carboxylic acids is 1. The Balaban J connectivity index is 0.000000810. The molecule has 0 N–H and O–H groups in total. The summed E-state index contributed by atoms with van der Waals surface area (Å²) in [6, 6.07) is 8.06. The molecule has 0 aliphatic rings. The summed E-state index contributed by atoms with van der Waals surface area (Å²) in [5.74, 6) is -1.13. The number of carboxylic acid groups (broad SMARTS) is 1. The van der Waals surface area contributed by atoms with Crippen molar-refractivity contribution < 1.29 is 27.0 Å². The van der Waals surface area contributed by atoms with Crippen molar-refractivity contribution in [3.8, 4) is 0 Å². The molecular weight excluding hydrogens is 180 g/mol. The molecule has 0 bridgehead atoms. The number of rotatable bonds is 1. The van der Waals surface area contributed by atoms with Crippen LogP contribution in [0.5, 0.6) is 0 Å². The van der Waals surface area contributed by atoms with Gasteiger partial charge in [-0.2, -0.15) is 0 Å². The molecule has 1 aromatic carbocycles. The Bertz CT molecular complexity index is 208. The van der Waals surface area contributed by atoms with E-state index in [2.05, 4.69) is 0 Å². The summed E-state index contributed by atoms with van der Waals surface area (Å²) in [4.78, 5) is 10.1. The topological polar surface area (TPSA) is 40.1 Å². The molecule has 3 heteroatoms. The number of benzene rings is 1. The summed E-state index contributed by atoms with van der Waals surface area (Å²) in [6.07, 6.45) is 0. The van der Waals surface area contributed by atoms with Gasteiger partial charge in [0, 0.05) is 0 Å². The van der Waals surface area contributed by atoms with Crippen LogP contribution in [0, 0.1) is 0 Å². The van der Waals surface area contributed by atoms with E-state index >= 15 is 0 Å². The van der Waals surface area contributed by atoms with Crippen molar-refractivity contribution in [2.24, 2.45) is 0 Å². The molecule has 1 aromatic rings. The molecule has 0 fully saturated rings. The van der Waals surface area contributed by atoms with Crippen LogP contribution in [0.2, 0.25) is 0 Å². The van der Waals surface area contributed by atoms with Crippen LogP contribution in [0.1, 0.15) is 10.4 Å². The van der Waals surface area contributed by atoms with E-state index in [4.69, 9.17) is 0 Å². The molecule has 0 saturated carbocycles. The summed E-state index contributed by atoms with van der Waals surface area (Å²) in [5.41, 5.74) is 0.220. The Morgan fingerprint density at radius 1 is 1.20 bits per heavy atom. The summed E-state index contributed by atoms with van der Waals surface area (Å²) in [5, 5.41) is 10.1. The van der Waals surface area contributed by atoms with E-state index in [9.17, 15) is 9.90 Å². The molecule has 0 radical (unpaired) electrons. The van der Waals surface area contributed by atoms with Crippen LogP contribution < -0.4 is 5.11 Å². The first kappa shape index (κ1) is 9.21. The van der Waals surface area contributed by atoms with Crippen LogP contribution in [0.4, 0.5) is 0 Å². The van der Waals surface area contributed by atoms with E-state index in [0.717, 1.165) is 0 Å². The molecule has 1 rings (SSSR count). The van der Waals surface area contributed by atoms with Gasteiger partial charge >= 0.3 is 17.1 Å². The molecule has 0 aliphatic heterocycles. The van der Waals surface area contributed by atoms with E-state index < -0.39 is 5.97 Å². The summed E-state index contributed by atoms with van der Waals surface area (Å²) >= 11 is 0. The molecule has 0 heterocycles. The van der Waals surface area contributed by atoms with E-state index in [-0.39, 0.29) is 22.6 Å². The van der Waals surface area contributed by atoms with Gasteiger partial charge in [-0.3, -0.25) is 0 Å². The van der Waals surface area contributed by atoms with Crippen molar-refractivity contribution in [2.45, 2.75) is 0 Å². The predicted octanol–water partition coefficient (Wildman–Crippen LogP) is 0.0476. The minimum Gasteiger partial charge on any atom is -0.545 e. The first-order valence-electron chi connectivity index (χ1n) is 2.57. The molecule has 2 nitrogen and oxygen atoms in total. The van der Waals surface area contributed by atoms with E-state index in [1.54, 1.807) is 18.2 Å². The zero-order valence-electron chi connectivity index (χ0n) is 5.00. The monoisotopic (exact) mass is 184 g/mol. The number of carbonyl (C=O) groups is 1. The average Bonchev–Trinajstić information content (AvgIpc) is 1.90. The number of hydrogen-bond acceptors (Lipinski definition) is 2. The standard InChI is InChI=1S/C7H6O2.Cu/c8-7(9)6-4-2-1-3-5-6;/h1-5H,(H,8,9);/q;+1/p-1. The van der Waals surface area contributed by atoms with Crippen molar-refractivity contribution >= 4 is 5.97 Å². The van der Waals surface area contributed by atoms with Crippen LogP contribution in [-0.4, -0.2) is 5.97 Å². The van der Waals surface area contributed by atoms with Gasteiger partial charge in [0.05, 0.1) is 5.97 Å². The van der Waals surface area contributed by atoms with Gasteiger partial charge in [-0.1, -0.05) is 30.3 Å². The molecule has 0 spiro atoms. The van der Waals surface area contributed by atoms with Crippen molar-refractivity contribution in [2.75, 3.05) is 0 Å². The predicted molar refractivity (Wildman–Crippen MR) is 30.8 cm³/mol. The van der Waals surface area contributed by atoms with Gasteiger partial charge in [-0.05, 0) is 5.56 Å². The molecule has 0 aliphatic carbocycles. The SMILES string of the molecule is O=C([O-])c1ccccc1.[Cu+]. The van der Waals surface area contributed by atoms with Gasteiger partial charge in [0.2, 0.25) is 0 Å². The fourth-order valence-corrected chi connectivity index (χ4v) is 0.574.